The van der Waals surface area contributed by atoms with Crippen molar-refractivity contribution in [3.63, 3.8) is 0 Å². The zero-order valence-corrected chi connectivity index (χ0v) is 18.2. The number of imide groups is 1. The van der Waals surface area contributed by atoms with Gasteiger partial charge in [0.2, 0.25) is 10.0 Å². The summed E-state index contributed by atoms with van der Waals surface area (Å²) in [7, 11) is -3.76. The number of nitrogens with one attached hydrogen (secondary N) is 2. The Morgan fingerprint density at radius 3 is 2.19 bits per heavy atom. The molecule has 7 nitrogen and oxygen atoms in total. The number of hydrogen-bond acceptors (Lipinski definition) is 5. The third-order valence-electron chi connectivity index (χ3n) is 5.01. The Morgan fingerprint density at radius 1 is 0.875 bits per heavy atom. The maximum absolute atomic E-state index is 12.5. The van der Waals surface area contributed by atoms with Crippen LogP contribution in [0.1, 0.15) is 21.5 Å². The van der Waals surface area contributed by atoms with Gasteiger partial charge >= 0.3 is 0 Å². The number of amides is 2. The Bertz CT molecular complexity index is 1350. The molecule has 0 aliphatic carbocycles. The lowest BCUT2D eigenvalue weighted by Crippen LogP contribution is -2.37. The second-order valence-electron chi connectivity index (χ2n) is 7.18. The fourth-order valence-electron chi connectivity index (χ4n) is 3.36. The van der Waals surface area contributed by atoms with Crippen molar-refractivity contribution in [2.75, 3.05) is 0 Å². The van der Waals surface area contributed by atoms with Gasteiger partial charge in [-0.2, -0.15) is 0 Å². The first-order valence-electron chi connectivity index (χ1n) is 9.54. The molecule has 3 aromatic rings. The minimum absolute atomic E-state index is 0.0217. The minimum atomic E-state index is -3.76. The fourth-order valence-corrected chi connectivity index (χ4v) is 4.00. The predicted octanol–water partition coefficient (Wildman–Crippen LogP) is 3.06. The van der Waals surface area contributed by atoms with Crippen LogP contribution in [0, 0.1) is 0 Å². The molecule has 32 heavy (non-hydrogen) atoms. The largest absolute Gasteiger partial charge is 0.386 e. The van der Waals surface area contributed by atoms with Gasteiger partial charge in [-0.1, -0.05) is 41.9 Å². The third-order valence-corrected chi connectivity index (χ3v) is 6.19. The number of halogens is 1. The lowest BCUT2D eigenvalue weighted by atomic mass is 9.91. The quantitative estimate of drug-likeness (QED) is 0.393. The van der Waals surface area contributed by atoms with E-state index in [4.69, 9.17) is 16.7 Å². The SMILES string of the molecule is NS(=O)(=O)c1ccc(CN/C=C2\C(=O)NC(=O)c3ccc(-c4ccc(Cl)cc4)cc32)cc1. The van der Waals surface area contributed by atoms with Gasteiger partial charge in [-0.3, -0.25) is 14.9 Å². The number of carbonyl (C=O) groups is 2. The van der Waals surface area contributed by atoms with Crippen molar-refractivity contribution in [1.82, 2.24) is 10.6 Å². The first-order chi connectivity index (χ1) is 15.2. The van der Waals surface area contributed by atoms with Gasteiger partial charge in [0.25, 0.3) is 11.8 Å². The monoisotopic (exact) mass is 467 g/mol. The van der Waals surface area contributed by atoms with Gasteiger partial charge in [-0.15, -0.1) is 0 Å². The van der Waals surface area contributed by atoms with E-state index in [1.165, 1.54) is 12.1 Å². The van der Waals surface area contributed by atoms with Gasteiger partial charge in [0.15, 0.2) is 0 Å². The zero-order chi connectivity index (χ0) is 22.9. The summed E-state index contributed by atoms with van der Waals surface area (Å²) in [5.41, 5.74) is 3.76. The van der Waals surface area contributed by atoms with Crippen LogP contribution in [-0.4, -0.2) is 20.2 Å². The van der Waals surface area contributed by atoms with Crippen molar-refractivity contribution in [3.05, 3.63) is 94.6 Å². The molecule has 1 heterocycles. The van der Waals surface area contributed by atoms with Gasteiger partial charge in [0.05, 0.1) is 10.5 Å². The van der Waals surface area contributed by atoms with E-state index in [1.807, 2.05) is 18.2 Å². The molecule has 2 amide bonds. The molecular weight excluding hydrogens is 450 g/mol. The lowest BCUT2D eigenvalue weighted by Gasteiger charge is -2.19. The summed E-state index contributed by atoms with van der Waals surface area (Å²) in [6.07, 6.45) is 1.54. The van der Waals surface area contributed by atoms with E-state index in [2.05, 4.69) is 10.6 Å². The summed E-state index contributed by atoms with van der Waals surface area (Å²) in [5, 5.41) is 11.1. The minimum Gasteiger partial charge on any atom is -0.386 e. The summed E-state index contributed by atoms with van der Waals surface area (Å²) < 4.78 is 22.7. The molecule has 0 radical (unpaired) electrons. The Hall–Kier alpha value is -3.46. The van der Waals surface area contributed by atoms with Crippen LogP contribution in [0.3, 0.4) is 0 Å². The molecule has 0 fully saturated rings. The fraction of sp³-hybridized carbons (Fsp3) is 0.0435. The second kappa shape index (κ2) is 8.58. The van der Waals surface area contributed by atoms with Gasteiger partial charge in [-0.25, -0.2) is 13.6 Å². The molecule has 162 valence electrons. The van der Waals surface area contributed by atoms with Gasteiger partial charge in [0.1, 0.15) is 0 Å². The molecule has 0 saturated heterocycles. The summed E-state index contributed by atoms with van der Waals surface area (Å²) in [4.78, 5) is 24.8. The zero-order valence-electron chi connectivity index (χ0n) is 16.6. The van der Waals surface area contributed by atoms with E-state index in [0.29, 0.717) is 28.3 Å². The molecule has 3 aromatic carbocycles. The van der Waals surface area contributed by atoms with Gasteiger partial charge in [-0.05, 0) is 53.1 Å². The number of hydrogen-bond donors (Lipinski definition) is 3. The lowest BCUT2D eigenvalue weighted by molar-refractivity contribution is -0.114. The van der Waals surface area contributed by atoms with Crippen molar-refractivity contribution in [2.45, 2.75) is 11.4 Å². The molecule has 0 aromatic heterocycles. The Balaban J connectivity index is 1.61. The highest BCUT2D eigenvalue weighted by molar-refractivity contribution is 7.89. The number of carbonyl (C=O) groups excluding carboxylic acids is 2. The van der Waals surface area contributed by atoms with Crippen molar-refractivity contribution in [3.8, 4) is 11.1 Å². The number of sulfonamides is 1. The average Bonchev–Trinajstić information content (AvgIpc) is 2.76. The number of fused-ring (bicyclic) bond motifs is 1. The van der Waals surface area contributed by atoms with E-state index >= 15 is 0 Å². The van der Waals surface area contributed by atoms with E-state index in [9.17, 15) is 18.0 Å². The second-order valence-corrected chi connectivity index (χ2v) is 9.18. The standard InChI is InChI=1S/C23H18ClN3O4S/c24-17-6-3-15(4-7-17)16-5-10-19-20(11-16)21(23(29)27-22(19)28)13-26-12-14-1-8-18(9-2-14)32(25,30)31/h1-11,13,26H,12H2,(H2,25,30,31)(H,27,28,29)/b21-13-. The highest BCUT2D eigenvalue weighted by Crippen LogP contribution is 2.30. The van der Waals surface area contributed by atoms with Crippen LogP contribution < -0.4 is 15.8 Å². The smallest absolute Gasteiger partial charge is 0.260 e. The molecule has 0 saturated carbocycles. The molecule has 0 unspecified atom stereocenters. The Morgan fingerprint density at radius 2 is 1.53 bits per heavy atom. The third kappa shape index (κ3) is 4.57. The van der Waals surface area contributed by atoms with Crippen LogP contribution in [0.25, 0.3) is 16.7 Å². The highest BCUT2D eigenvalue weighted by Gasteiger charge is 2.27. The number of nitrogens with two attached hydrogens (primary N) is 1. The molecule has 0 bridgehead atoms. The van der Waals surface area contributed by atoms with Gasteiger partial charge in [0, 0.05) is 28.9 Å². The van der Waals surface area contributed by atoms with Crippen LogP contribution in [0.4, 0.5) is 0 Å². The van der Waals surface area contributed by atoms with Crippen LogP contribution in [0.5, 0.6) is 0 Å². The van der Waals surface area contributed by atoms with Crippen molar-refractivity contribution in [2.24, 2.45) is 5.14 Å². The van der Waals surface area contributed by atoms with Crippen LogP contribution in [0.2, 0.25) is 5.02 Å². The highest BCUT2D eigenvalue weighted by atomic mass is 35.5. The number of primary sulfonamides is 1. The number of benzene rings is 3. The van der Waals surface area contributed by atoms with Crippen LogP contribution >= 0.6 is 11.6 Å². The van der Waals surface area contributed by atoms with Crippen LogP contribution in [-0.2, 0) is 21.4 Å². The summed E-state index contributed by atoms with van der Waals surface area (Å²) >= 11 is 5.96. The average molecular weight is 468 g/mol. The van der Waals surface area contributed by atoms with E-state index in [1.54, 1.807) is 42.6 Å². The first kappa shape index (κ1) is 21.8. The molecule has 1 aliphatic heterocycles. The molecule has 4 rings (SSSR count). The summed E-state index contributed by atoms with van der Waals surface area (Å²) in [6, 6.07) is 18.6. The van der Waals surface area contributed by atoms with E-state index in [0.717, 1.165) is 16.7 Å². The van der Waals surface area contributed by atoms with Crippen LogP contribution in [0.15, 0.2) is 77.8 Å². The summed E-state index contributed by atoms with van der Waals surface area (Å²) in [5.74, 6) is -0.962. The number of rotatable bonds is 5. The normalized spacial score (nSPS) is 14.8. The Kier molecular flexibility index (Phi) is 5.84. The maximum Gasteiger partial charge on any atom is 0.260 e. The maximum atomic E-state index is 12.5. The Labute approximate surface area is 190 Å². The topological polar surface area (TPSA) is 118 Å². The molecule has 0 atom stereocenters. The molecule has 9 heteroatoms. The molecule has 0 spiro atoms. The summed E-state index contributed by atoms with van der Waals surface area (Å²) in [6.45, 7) is 0.335. The molecule has 1 aliphatic rings. The van der Waals surface area contributed by atoms with E-state index < -0.39 is 21.8 Å². The first-order valence-corrected chi connectivity index (χ1v) is 11.5. The molecular formula is C23H18ClN3O4S. The van der Waals surface area contributed by atoms with Crippen molar-refractivity contribution in [1.29, 1.82) is 0 Å². The van der Waals surface area contributed by atoms with Crippen molar-refractivity contribution < 1.29 is 18.0 Å². The predicted molar refractivity (Wildman–Crippen MR) is 122 cm³/mol. The molecule has 4 N–H and O–H groups in total. The van der Waals surface area contributed by atoms with E-state index in [-0.39, 0.29) is 4.90 Å². The van der Waals surface area contributed by atoms with Crippen molar-refractivity contribution >= 4 is 39.0 Å². The van der Waals surface area contributed by atoms with Gasteiger partial charge < -0.3 is 5.32 Å².